The number of hydrogen-bond donors (Lipinski definition) is 0. The van der Waals surface area contributed by atoms with Gasteiger partial charge in [-0.2, -0.15) is 0 Å². The normalized spacial score (nSPS) is 10.2. The van der Waals surface area contributed by atoms with E-state index in [1.54, 1.807) is 5.57 Å². The van der Waals surface area contributed by atoms with Crippen LogP contribution in [-0.2, 0) is 0 Å². The molecule has 0 saturated carbocycles. The molecule has 0 aliphatic carbocycles. The molecule has 0 nitrogen and oxygen atoms in total. The van der Waals surface area contributed by atoms with Crippen molar-refractivity contribution in [1.29, 1.82) is 0 Å². The van der Waals surface area contributed by atoms with E-state index in [-0.39, 0.29) is 0 Å². The minimum atomic E-state index is 0.966. The van der Waals surface area contributed by atoms with Gasteiger partial charge in [-0.05, 0) is 39.0 Å². The second-order valence-electron chi connectivity index (χ2n) is 4.07. The zero-order valence-electron chi connectivity index (χ0n) is 10.1. The topological polar surface area (TPSA) is 0 Å². The molecule has 0 heteroatoms. The van der Waals surface area contributed by atoms with Crippen LogP contribution in [0.4, 0.5) is 0 Å². The monoisotopic (exact) mass is 195 g/mol. The Kier molecular flexibility index (Phi) is 10.6. The van der Waals surface area contributed by atoms with Crippen molar-refractivity contribution in [2.75, 3.05) is 0 Å². The van der Waals surface area contributed by atoms with Gasteiger partial charge in [-0.1, -0.05) is 51.2 Å². The van der Waals surface area contributed by atoms with Gasteiger partial charge in [0, 0.05) is 0 Å². The lowest BCUT2D eigenvalue weighted by molar-refractivity contribution is 0.657. The average Bonchev–Trinajstić information content (AvgIpc) is 2.18. The second kappa shape index (κ2) is 10.8. The van der Waals surface area contributed by atoms with Gasteiger partial charge in [0.25, 0.3) is 0 Å². The highest BCUT2D eigenvalue weighted by molar-refractivity contribution is 5.02. The summed E-state index contributed by atoms with van der Waals surface area (Å²) < 4.78 is 0. The van der Waals surface area contributed by atoms with Gasteiger partial charge in [0.2, 0.25) is 0 Å². The summed E-state index contributed by atoms with van der Waals surface area (Å²) in [6.07, 6.45) is 14.1. The van der Waals surface area contributed by atoms with Crippen LogP contribution in [0.25, 0.3) is 0 Å². The summed E-state index contributed by atoms with van der Waals surface area (Å²) in [5.41, 5.74) is 1.65. The largest absolute Gasteiger partial charge is 0.0853 e. The van der Waals surface area contributed by atoms with Crippen LogP contribution in [0.1, 0.15) is 71.6 Å². The highest BCUT2D eigenvalue weighted by Gasteiger charge is 1.96. The quantitative estimate of drug-likeness (QED) is 0.346. The van der Waals surface area contributed by atoms with Gasteiger partial charge >= 0.3 is 0 Å². The number of rotatable bonds is 9. The molecular weight excluding hydrogens is 168 g/mol. The van der Waals surface area contributed by atoms with E-state index < -0.39 is 0 Å². The zero-order chi connectivity index (χ0) is 10.6. The van der Waals surface area contributed by atoms with Crippen LogP contribution in [0, 0.1) is 6.92 Å². The standard InChI is InChI=1S/C14H27/c1-4-7-9-12-14(11-6-3)13-10-8-5-2/h11H,3-10,12-13H2,1-2H3. The fourth-order valence-corrected chi connectivity index (χ4v) is 1.74. The molecule has 1 radical (unpaired) electrons. The summed E-state index contributed by atoms with van der Waals surface area (Å²) in [6, 6.07) is 0. The first-order valence-corrected chi connectivity index (χ1v) is 6.32. The van der Waals surface area contributed by atoms with E-state index in [4.69, 9.17) is 0 Å². The molecule has 0 aromatic carbocycles. The van der Waals surface area contributed by atoms with Crippen LogP contribution in [0.2, 0.25) is 0 Å². The maximum Gasteiger partial charge on any atom is -0.0320 e. The Balaban J connectivity index is 3.61. The Morgan fingerprint density at radius 2 is 1.43 bits per heavy atom. The summed E-state index contributed by atoms with van der Waals surface area (Å²) in [5, 5.41) is 0. The molecule has 0 atom stereocenters. The van der Waals surface area contributed by atoms with Crippen LogP contribution in [0.15, 0.2) is 11.6 Å². The van der Waals surface area contributed by atoms with Crippen molar-refractivity contribution in [3.63, 3.8) is 0 Å². The van der Waals surface area contributed by atoms with Crippen molar-refractivity contribution in [3.8, 4) is 0 Å². The van der Waals surface area contributed by atoms with Crippen LogP contribution in [-0.4, -0.2) is 0 Å². The van der Waals surface area contributed by atoms with Crippen molar-refractivity contribution in [2.24, 2.45) is 0 Å². The van der Waals surface area contributed by atoms with Gasteiger partial charge in [0.1, 0.15) is 0 Å². The van der Waals surface area contributed by atoms with Crippen LogP contribution in [0.5, 0.6) is 0 Å². The molecule has 0 aromatic heterocycles. The molecule has 0 N–H and O–H groups in total. The summed E-state index contributed by atoms with van der Waals surface area (Å²) in [6.45, 7) is 8.44. The summed E-state index contributed by atoms with van der Waals surface area (Å²) >= 11 is 0. The molecule has 0 fully saturated rings. The molecule has 0 amide bonds. The molecule has 0 aliphatic rings. The van der Waals surface area contributed by atoms with Gasteiger partial charge in [0.05, 0.1) is 0 Å². The smallest absolute Gasteiger partial charge is 0.0320 e. The molecule has 83 valence electrons. The van der Waals surface area contributed by atoms with Crippen LogP contribution in [0.3, 0.4) is 0 Å². The lowest BCUT2D eigenvalue weighted by Gasteiger charge is -2.06. The van der Waals surface area contributed by atoms with Crippen molar-refractivity contribution in [2.45, 2.75) is 71.6 Å². The number of allylic oxidation sites excluding steroid dienone is 2. The minimum absolute atomic E-state index is 0.966. The van der Waals surface area contributed by atoms with E-state index in [9.17, 15) is 0 Å². The van der Waals surface area contributed by atoms with Crippen LogP contribution >= 0.6 is 0 Å². The maximum atomic E-state index is 3.91. The molecule has 0 aliphatic heterocycles. The Labute approximate surface area is 90.8 Å². The Morgan fingerprint density at radius 3 is 1.79 bits per heavy atom. The lowest BCUT2D eigenvalue weighted by atomic mass is 10.0. The van der Waals surface area contributed by atoms with Crippen molar-refractivity contribution < 1.29 is 0 Å². The van der Waals surface area contributed by atoms with E-state index in [2.05, 4.69) is 26.8 Å². The Bertz CT molecular complexity index is 121. The molecular formula is C14H27. The molecule has 0 heterocycles. The first-order chi connectivity index (χ1) is 6.85. The van der Waals surface area contributed by atoms with E-state index in [0.29, 0.717) is 0 Å². The number of hydrogen-bond acceptors (Lipinski definition) is 0. The minimum Gasteiger partial charge on any atom is -0.0853 e. The van der Waals surface area contributed by atoms with Gasteiger partial charge in [-0.25, -0.2) is 0 Å². The molecule has 0 aromatic rings. The van der Waals surface area contributed by atoms with Crippen molar-refractivity contribution in [3.05, 3.63) is 18.6 Å². The van der Waals surface area contributed by atoms with E-state index in [1.165, 1.54) is 51.4 Å². The third kappa shape index (κ3) is 8.34. The fraction of sp³-hybridized carbons (Fsp3) is 0.786. The Morgan fingerprint density at radius 1 is 0.929 bits per heavy atom. The summed E-state index contributed by atoms with van der Waals surface area (Å²) in [4.78, 5) is 0. The zero-order valence-corrected chi connectivity index (χ0v) is 10.1. The molecule has 0 rings (SSSR count). The van der Waals surface area contributed by atoms with Crippen molar-refractivity contribution in [1.82, 2.24) is 0 Å². The highest BCUT2D eigenvalue weighted by atomic mass is 14.0. The third-order valence-corrected chi connectivity index (χ3v) is 2.64. The molecule has 0 saturated heterocycles. The van der Waals surface area contributed by atoms with Gasteiger partial charge in [-0.15, -0.1) is 0 Å². The lowest BCUT2D eigenvalue weighted by Crippen LogP contribution is -1.86. The summed E-state index contributed by atoms with van der Waals surface area (Å²) in [5.74, 6) is 0. The van der Waals surface area contributed by atoms with Gasteiger partial charge in [-0.3, -0.25) is 0 Å². The number of unbranched alkanes of at least 4 members (excludes halogenated alkanes) is 4. The average molecular weight is 195 g/mol. The predicted octanol–water partition coefficient (Wildman–Crippen LogP) is 5.30. The first kappa shape index (κ1) is 13.7. The van der Waals surface area contributed by atoms with Crippen LogP contribution < -0.4 is 0 Å². The van der Waals surface area contributed by atoms with E-state index >= 15 is 0 Å². The Hall–Kier alpha value is -0.260. The summed E-state index contributed by atoms with van der Waals surface area (Å²) in [7, 11) is 0. The van der Waals surface area contributed by atoms with E-state index in [0.717, 1.165) is 6.42 Å². The van der Waals surface area contributed by atoms with E-state index in [1.807, 2.05) is 0 Å². The predicted molar refractivity (Wildman–Crippen MR) is 66.3 cm³/mol. The SMILES string of the molecule is [CH2]CC=C(CCCCC)CCCCC. The molecule has 14 heavy (non-hydrogen) atoms. The fourth-order valence-electron chi connectivity index (χ4n) is 1.74. The maximum absolute atomic E-state index is 3.91. The van der Waals surface area contributed by atoms with Gasteiger partial charge in [0.15, 0.2) is 0 Å². The van der Waals surface area contributed by atoms with Gasteiger partial charge < -0.3 is 0 Å². The highest BCUT2D eigenvalue weighted by Crippen LogP contribution is 2.16. The first-order valence-electron chi connectivity index (χ1n) is 6.32. The third-order valence-electron chi connectivity index (χ3n) is 2.64. The molecule has 0 spiro atoms. The molecule has 0 bridgehead atoms. The second-order valence-corrected chi connectivity index (χ2v) is 4.07. The van der Waals surface area contributed by atoms with Crippen molar-refractivity contribution >= 4 is 0 Å². The molecule has 0 unspecified atom stereocenters.